The van der Waals surface area contributed by atoms with Gasteiger partial charge in [-0.15, -0.1) is 0 Å². The molecule has 2 aromatic carbocycles. The van der Waals surface area contributed by atoms with Crippen LogP contribution in [-0.4, -0.2) is 30.1 Å². The second-order valence-electron chi connectivity index (χ2n) is 5.10. The summed E-state index contributed by atoms with van der Waals surface area (Å²) in [6, 6.07) is 10.5. The van der Waals surface area contributed by atoms with Crippen molar-refractivity contribution in [1.82, 2.24) is 5.32 Å². The van der Waals surface area contributed by atoms with Crippen molar-refractivity contribution < 1.29 is 19.4 Å². The van der Waals surface area contributed by atoms with Crippen LogP contribution in [0.15, 0.2) is 36.4 Å². The van der Waals surface area contributed by atoms with E-state index in [9.17, 15) is 14.7 Å². The van der Waals surface area contributed by atoms with Crippen molar-refractivity contribution in [3.05, 3.63) is 42.0 Å². The molecule has 2 N–H and O–H groups in total. The molecule has 1 fully saturated rings. The number of methoxy groups -OCH3 is 1. The molecule has 0 aliphatic carbocycles. The number of hydrogen-bond donors (Lipinski definition) is 2. The maximum absolute atomic E-state index is 11.7. The predicted molar refractivity (Wildman–Crippen MR) is 77.4 cm³/mol. The normalized spacial score (nSPS) is 21.3. The van der Waals surface area contributed by atoms with Gasteiger partial charge in [-0.2, -0.15) is 0 Å². The molecule has 0 saturated carbocycles. The Morgan fingerprint density at radius 2 is 2.05 bits per heavy atom. The molecule has 1 saturated heterocycles. The van der Waals surface area contributed by atoms with Gasteiger partial charge in [0.05, 0.1) is 7.11 Å². The van der Waals surface area contributed by atoms with Crippen molar-refractivity contribution in [2.75, 3.05) is 7.11 Å². The molecule has 0 radical (unpaired) electrons. The SMILES string of the molecule is COc1ccc2ccccc2c1C1CC(=O)NC1C(=O)O. The van der Waals surface area contributed by atoms with Crippen molar-refractivity contribution in [2.45, 2.75) is 18.4 Å². The molecule has 1 aliphatic heterocycles. The summed E-state index contributed by atoms with van der Waals surface area (Å²) < 4.78 is 5.40. The van der Waals surface area contributed by atoms with Gasteiger partial charge in [0.15, 0.2) is 0 Å². The monoisotopic (exact) mass is 285 g/mol. The van der Waals surface area contributed by atoms with E-state index in [1.807, 2.05) is 36.4 Å². The molecule has 21 heavy (non-hydrogen) atoms. The fourth-order valence-electron chi connectivity index (χ4n) is 2.99. The highest BCUT2D eigenvalue weighted by Gasteiger charge is 2.40. The first-order valence-electron chi connectivity index (χ1n) is 6.69. The van der Waals surface area contributed by atoms with Crippen LogP contribution < -0.4 is 10.1 Å². The van der Waals surface area contributed by atoms with E-state index in [1.54, 1.807) is 7.11 Å². The molecule has 0 spiro atoms. The van der Waals surface area contributed by atoms with E-state index in [2.05, 4.69) is 5.32 Å². The van der Waals surface area contributed by atoms with Crippen molar-refractivity contribution >= 4 is 22.6 Å². The topological polar surface area (TPSA) is 75.6 Å². The largest absolute Gasteiger partial charge is 0.496 e. The lowest BCUT2D eigenvalue weighted by Gasteiger charge is -2.20. The molecule has 2 atom stereocenters. The molecule has 1 aliphatic rings. The number of hydrogen-bond acceptors (Lipinski definition) is 3. The average Bonchev–Trinajstić information content (AvgIpc) is 2.87. The molecule has 108 valence electrons. The number of carboxylic acid groups (broad SMARTS) is 1. The number of amides is 1. The highest BCUT2D eigenvalue weighted by atomic mass is 16.5. The minimum Gasteiger partial charge on any atom is -0.496 e. The van der Waals surface area contributed by atoms with Crippen LogP contribution in [0.2, 0.25) is 0 Å². The van der Waals surface area contributed by atoms with E-state index in [0.717, 1.165) is 16.3 Å². The van der Waals surface area contributed by atoms with Crippen LogP contribution in [0.1, 0.15) is 17.9 Å². The standard InChI is InChI=1S/C16H15NO4/c1-21-12-7-6-9-4-2-3-5-10(9)14(12)11-8-13(18)17-15(11)16(19)20/h2-7,11,15H,8H2,1H3,(H,17,18)(H,19,20). The molecule has 0 bridgehead atoms. The zero-order chi connectivity index (χ0) is 15.0. The second-order valence-corrected chi connectivity index (χ2v) is 5.10. The van der Waals surface area contributed by atoms with Crippen LogP contribution in [0.4, 0.5) is 0 Å². The van der Waals surface area contributed by atoms with Gasteiger partial charge in [0.1, 0.15) is 11.8 Å². The van der Waals surface area contributed by atoms with Gasteiger partial charge in [0, 0.05) is 17.9 Å². The Morgan fingerprint density at radius 3 is 2.76 bits per heavy atom. The van der Waals surface area contributed by atoms with Crippen molar-refractivity contribution in [3.8, 4) is 5.75 Å². The highest BCUT2D eigenvalue weighted by Crippen LogP contribution is 2.39. The summed E-state index contributed by atoms with van der Waals surface area (Å²) in [6.07, 6.45) is 0.154. The van der Waals surface area contributed by atoms with Crippen molar-refractivity contribution in [2.24, 2.45) is 0 Å². The van der Waals surface area contributed by atoms with Crippen molar-refractivity contribution in [3.63, 3.8) is 0 Å². The first-order valence-corrected chi connectivity index (χ1v) is 6.69. The Kier molecular flexibility index (Phi) is 3.25. The molecule has 5 heteroatoms. The van der Waals surface area contributed by atoms with Gasteiger partial charge < -0.3 is 15.2 Å². The Hall–Kier alpha value is -2.56. The molecule has 5 nitrogen and oxygen atoms in total. The van der Waals surface area contributed by atoms with Crippen molar-refractivity contribution in [1.29, 1.82) is 0 Å². The molecule has 3 rings (SSSR count). The first-order chi connectivity index (χ1) is 10.1. The van der Waals surface area contributed by atoms with E-state index in [0.29, 0.717) is 5.75 Å². The summed E-state index contributed by atoms with van der Waals surface area (Å²) in [5.41, 5.74) is 0.779. The Bertz CT molecular complexity index is 725. The second kappa shape index (κ2) is 5.09. The summed E-state index contributed by atoms with van der Waals surface area (Å²) in [5, 5.41) is 13.8. The van der Waals surface area contributed by atoms with E-state index < -0.39 is 17.9 Å². The lowest BCUT2D eigenvalue weighted by Crippen LogP contribution is -2.36. The number of nitrogens with one attached hydrogen (secondary N) is 1. The number of ether oxygens (including phenoxy) is 1. The van der Waals surface area contributed by atoms with E-state index in [1.165, 1.54) is 0 Å². The van der Waals surface area contributed by atoms with Gasteiger partial charge in [-0.1, -0.05) is 30.3 Å². The van der Waals surface area contributed by atoms with Crippen LogP contribution in [0.25, 0.3) is 10.8 Å². The fourth-order valence-corrected chi connectivity index (χ4v) is 2.99. The predicted octanol–water partition coefficient (Wildman–Crippen LogP) is 1.91. The van der Waals surface area contributed by atoms with Crippen LogP contribution in [0.5, 0.6) is 5.75 Å². The third-order valence-electron chi connectivity index (χ3n) is 3.91. The van der Waals surface area contributed by atoms with Crippen LogP contribution in [0.3, 0.4) is 0 Å². The molecular formula is C16H15NO4. The number of rotatable bonds is 3. The molecule has 1 heterocycles. The Balaban J connectivity index is 2.22. The minimum atomic E-state index is -1.03. The van der Waals surface area contributed by atoms with Gasteiger partial charge >= 0.3 is 5.97 Å². The molecule has 2 aromatic rings. The van der Waals surface area contributed by atoms with E-state index in [-0.39, 0.29) is 12.3 Å². The molecule has 1 amide bonds. The lowest BCUT2D eigenvalue weighted by atomic mass is 9.87. The molecule has 2 unspecified atom stereocenters. The van der Waals surface area contributed by atoms with Gasteiger partial charge in [0.2, 0.25) is 5.91 Å². The minimum absolute atomic E-state index is 0.154. The summed E-state index contributed by atoms with van der Waals surface area (Å²) in [6.45, 7) is 0. The number of carboxylic acids is 1. The van der Waals surface area contributed by atoms with Crippen LogP contribution in [-0.2, 0) is 9.59 Å². The maximum atomic E-state index is 11.7. The average molecular weight is 285 g/mol. The third-order valence-corrected chi connectivity index (χ3v) is 3.91. The zero-order valence-electron chi connectivity index (χ0n) is 11.5. The Labute approximate surface area is 121 Å². The summed E-state index contributed by atoms with van der Waals surface area (Å²) >= 11 is 0. The third kappa shape index (κ3) is 2.20. The van der Waals surface area contributed by atoms with Crippen LogP contribution >= 0.6 is 0 Å². The number of aliphatic carboxylic acids is 1. The maximum Gasteiger partial charge on any atom is 0.326 e. The van der Waals surface area contributed by atoms with Gasteiger partial charge in [-0.25, -0.2) is 4.79 Å². The fraction of sp³-hybridized carbons (Fsp3) is 0.250. The Morgan fingerprint density at radius 1 is 1.29 bits per heavy atom. The highest BCUT2D eigenvalue weighted by molar-refractivity contribution is 5.94. The summed E-state index contributed by atoms with van der Waals surface area (Å²) in [5.74, 6) is -1.10. The zero-order valence-corrected chi connectivity index (χ0v) is 11.5. The number of carbonyl (C=O) groups is 2. The van der Waals surface area contributed by atoms with Crippen LogP contribution in [0, 0.1) is 0 Å². The van der Waals surface area contributed by atoms with Gasteiger partial charge in [-0.05, 0) is 16.8 Å². The number of fused-ring (bicyclic) bond motifs is 1. The van der Waals surface area contributed by atoms with E-state index >= 15 is 0 Å². The van der Waals surface area contributed by atoms with Gasteiger partial charge in [0.25, 0.3) is 0 Å². The molecule has 0 aromatic heterocycles. The molecular weight excluding hydrogens is 270 g/mol. The van der Waals surface area contributed by atoms with Gasteiger partial charge in [-0.3, -0.25) is 4.79 Å². The first kappa shape index (κ1) is 13.4. The quantitative estimate of drug-likeness (QED) is 0.903. The van der Waals surface area contributed by atoms with E-state index in [4.69, 9.17) is 4.74 Å². The summed E-state index contributed by atoms with van der Waals surface area (Å²) in [7, 11) is 1.55. The number of carbonyl (C=O) groups excluding carboxylic acids is 1. The number of benzene rings is 2. The smallest absolute Gasteiger partial charge is 0.326 e. The summed E-state index contributed by atoms with van der Waals surface area (Å²) in [4.78, 5) is 23.1. The lowest BCUT2D eigenvalue weighted by molar-refractivity contribution is -0.140.